The molecule has 4 rings (SSSR count). The Morgan fingerprint density at radius 2 is 1.84 bits per heavy atom. The van der Waals surface area contributed by atoms with E-state index in [1.54, 1.807) is 0 Å². The standard InChI is InChI=1S/C24H37N3O4/c1-4-8-15-13-16-10-11-17(15)20-19(16)23(30)27(24(20)31)12-7-5-6-9-18(28)26-21(14(2)3)22(25)29/h13-14,16-17,19-21H,4-12H2,1-3H3,(H2,25,29)(H,26,28)/t16?,17?,19?,20?,21-/m0/s1. The Morgan fingerprint density at radius 1 is 1.13 bits per heavy atom. The lowest BCUT2D eigenvalue weighted by atomic mass is 9.59. The maximum atomic E-state index is 13.1. The van der Waals surface area contributed by atoms with E-state index >= 15 is 0 Å². The Morgan fingerprint density at radius 3 is 2.48 bits per heavy atom. The molecule has 3 aliphatic carbocycles. The molecule has 7 nitrogen and oxygen atoms in total. The van der Waals surface area contributed by atoms with Gasteiger partial charge in [0.15, 0.2) is 0 Å². The molecule has 5 atom stereocenters. The van der Waals surface area contributed by atoms with Crippen LogP contribution in [0.1, 0.15) is 72.1 Å². The summed E-state index contributed by atoms with van der Waals surface area (Å²) < 4.78 is 0. The summed E-state index contributed by atoms with van der Waals surface area (Å²) in [6.07, 6.45) is 8.83. The number of carbonyl (C=O) groups is 4. The number of likely N-dealkylation sites (tertiary alicyclic amines) is 1. The van der Waals surface area contributed by atoms with Gasteiger partial charge in [-0.1, -0.05) is 45.3 Å². The summed E-state index contributed by atoms with van der Waals surface area (Å²) >= 11 is 0. The molecule has 2 fully saturated rings. The summed E-state index contributed by atoms with van der Waals surface area (Å²) in [5, 5.41) is 2.69. The van der Waals surface area contributed by atoms with Crippen LogP contribution in [0.2, 0.25) is 0 Å². The first kappa shape index (κ1) is 23.5. The third-order valence-corrected chi connectivity index (χ3v) is 7.21. The molecule has 1 saturated carbocycles. The number of nitrogens with zero attached hydrogens (tertiary/aromatic N) is 1. The molecule has 1 saturated heterocycles. The molecule has 4 amide bonds. The van der Waals surface area contributed by atoms with Gasteiger partial charge in [0.05, 0.1) is 11.8 Å². The molecule has 1 aliphatic heterocycles. The first-order chi connectivity index (χ1) is 14.8. The second-order valence-corrected chi connectivity index (χ2v) is 9.72. The van der Waals surface area contributed by atoms with Gasteiger partial charge in [-0.2, -0.15) is 0 Å². The van der Waals surface area contributed by atoms with Gasteiger partial charge in [0, 0.05) is 13.0 Å². The lowest BCUT2D eigenvalue weighted by Gasteiger charge is -2.42. The van der Waals surface area contributed by atoms with Crippen LogP contribution in [0.15, 0.2) is 11.6 Å². The lowest BCUT2D eigenvalue weighted by molar-refractivity contribution is -0.140. The number of rotatable bonds is 11. The van der Waals surface area contributed by atoms with Crippen LogP contribution in [-0.2, 0) is 19.2 Å². The highest BCUT2D eigenvalue weighted by Gasteiger charge is 2.57. The van der Waals surface area contributed by atoms with Gasteiger partial charge in [-0.05, 0) is 49.9 Å². The number of amides is 4. The fourth-order valence-corrected chi connectivity index (χ4v) is 5.70. The maximum absolute atomic E-state index is 13.1. The van der Waals surface area contributed by atoms with Gasteiger partial charge in [0.1, 0.15) is 6.04 Å². The molecule has 4 unspecified atom stereocenters. The van der Waals surface area contributed by atoms with Crippen molar-refractivity contribution in [1.29, 1.82) is 0 Å². The number of imide groups is 1. The van der Waals surface area contributed by atoms with Gasteiger partial charge in [-0.25, -0.2) is 0 Å². The van der Waals surface area contributed by atoms with Crippen molar-refractivity contribution in [3.8, 4) is 0 Å². The highest BCUT2D eigenvalue weighted by molar-refractivity contribution is 6.06. The average molecular weight is 432 g/mol. The van der Waals surface area contributed by atoms with Crippen molar-refractivity contribution < 1.29 is 19.2 Å². The van der Waals surface area contributed by atoms with Gasteiger partial charge in [-0.15, -0.1) is 0 Å². The van der Waals surface area contributed by atoms with Crippen LogP contribution in [0.5, 0.6) is 0 Å². The second-order valence-electron chi connectivity index (χ2n) is 9.72. The molecular weight excluding hydrogens is 394 g/mol. The highest BCUT2D eigenvalue weighted by atomic mass is 16.2. The SMILES string of the molecule is CCCC1=CC2CCC1C1C(=O)N(CCCCCC(=O)N[C@H](C(N)=O)C(C)C)C(=O)C21. The van der Waals surface area contributed by atoms with Gasteiger partial charge in [0.2, 0.25) is 23.6 Å². The topological polar surface area (TPSA) is 110 Å². The molecule has 31 heavy (non-hydrogen) atoms. The summed E-state index contributed by atoms with van der Waals surface area (Å²) in [6, 6.07) is -0.655. The number of primary amides is 1. The molecule has 7 heteroatoms. The molecule has 0 spiro atoms. The van der Waals surface area contributed by atoms with Crippen molar-refractivity contribution in [2.24, 2.45) is 35.3 Å². The van der Waals surface area contributed by atoms with E-state index in [1.165, 1.54) is 10.5 Å². The van der Waals surface area contributed by atoms with Crippen LogP contribution in [0, 0.1) is 29.6 Å². The van der Waals surface area contributed by atoms with Crippen LogP contribution < -0.4 is 11.1 Å². The van der Waals surface area contributed by atoms with Crippen molar-refractivity contribution >= 4 is 23.6 Å². The second kappa shape index (κ2) is 9.96. The number of hydrogen-bond donors (Lipinski definition) is 2. The number of allylic oxidation sites excluding steroid dienone is 2. The van der Waals surface area contributed by atoms with Crippen LogP contribution >= 0.6 is 0 Å². The zero-order valence-electron chi connectivity index (χ0n) is 19.1. The number of unbranched alkanes of at least 4 members (excludes halogenated alkanes) is 2. The van der Waals surface area contributed by atoms with Gasteiger partial charge >= 0.3 is 0 Å². The molecule has 0 aromatic heterocycles. The van der Waals surface area contributed by atoms with Crippen molar-refractivity contribution in [1.82, 2.24) is 10.2 Å². The number of fused-ring (bicyclic) bond motifs is 1. The van der Waals surface area contributed by atoms with Crippen molar-refractivity contribution in [2.75, 3.05) is 6.54 Å². The first-order valence-electron chi connectivity index (χ1n) is 11.9. The summed E-state index contributed by atoms with van der Waals surface area (Å²) in [7, 11) is 0. The van der Waals surface area contributed by atoms with Crippen LogP contribution in [0.25, 0.3) is 0 Å². The fraction of sp³-hybridized carbons (Fsp3) is 0.750. The van der Waals surface area contributed by atoms with E-state index in [0.717, 1.165) is 32.1 Å². The minimum Gasteiger partial charge on any atom is -0.368 e. The highest BCUT2D eigenvalue weighted by Crippen LogP contribution is 2.53. The molecule has 2 bridgehead atoms. The zero-order chi connectivity index (χ0) is 22.7. The largest absolute Gasteiger partial charge is 0.368 e. The van der Waals surface area contributed by atoms with Crippen molar-refractivity contribution in [3.63, 3.8) is 0 Å². The lowest BCUT2D eigenvalue weighted by Crippen LogP contribution is -2.47. The third-order valence-electron chi connectivity index (χ3n) is 7.21. The monoisotopic (exact) mass is 431 g/mol. The summed E-state index contributed by atoms with van der Waals surface area (Å²) in [5.41, 5.74) is 6.72. The Bertz CT molecular complexity index is 760. The molecule has 3 N–H and O–H groups in total. The number of nitrogens with two attached hydrogens (primary N) is 1. The average Bonchev–Trinajstić information content (AvgIpc) is 2.98. The fourth-order valence-electron chi connectivity index (χ4n) is 5.70. The van der Waals surface area contributed by atoms with Crippen LogP contribution in [0.3, 0.4) is 0 Å². The predicted molar refractivity (Wildman–Crippen MR) is 117 cm³/mol. The van der Waals surface area contributed by atoms with Gasteiger partial charge in [0.25, 0.3) is 0 Å². The minimum absolute atomic E-state index is 0.00970. The summed E-state index contributed by atoms with van der Waals surface area (Å²) in [5.74, 6) is -0.574. The van der Waals surface area contributed by atoms with Crippen molar-refractivity contribution in [2.45, 2.75) is 78.2 Å². The molecule has 4 aliphatic rings. The van der Waals surface area contributed by atoms with Crippen LogP contribution in [-0.4, -0.2) is 41.1 Å². The Kier molecular flexibility index (Phi) is 7.55. The van der Waals surface area contributed by atoms with Gasteiger partial charge in [-0.3, -0.25) is 24.1 Å². The molecule has 1 heterocycles. The summed E-state index contributed by atoms with van der Waals surface area (Å²) in [6.45, 7) is 6.27. The molecule has 0 aromatic carbocycles. The molecule has 172 valence electrons. The molecule has 0 aromatic rings. The normalized spacial score (nSPS) is 28.0. The quantitative estimate of drug-likeness (QED) is 0.298. The van der Waals surface area contributed by atoms with E-state index < -0.39 is 11.9 Å². The Hall–Kier alpha value is -2.18. The van der Waals surface area contributed by atoms with Crippen LogP contribution in [0.4, 0.5) is 0 Å². The van der Waals surface area contributed by atoms with E-state index in [4.69, 9.17) is 5.73 Å². The van der Waals surface area contributed by atoms with Gasteiger partial charge < -0.3 is 11.1 Å². The van der Waals surface area contributed by atoms with E-state index in [0.29, 0.717) is 25.8 Å². The van der Waals surface area contributed by atoms with E-state index in [1.807, 2.05) is 13.8 Å². The Labute approximate surface area is 185 Å². The molecular formula is C24H37N3O4. The first-order valence-corrected chi connectivity index (χ1v) is 11.9. The van der Waals surface area contributed by atoms with Crippen molar-refractivity contribution in [3.05, 3.63) is 11.6 Å². The minimum atomic E-state index is -0.655. The predicted octanol–water partition coefficient (Wildman–Crippen LogP) is 2.54. The van der Waals surface area contributed by atoms with E-state index in [2.05, 4.69) is 18.3 Å². The smallest absolute Gasteiger partial charge is 0.240 e. The van der Waals surface area contributed by atoms with E-state index in [-0.39, 0.29) is 47.3 Å². The molecule has 0 radical (unpaired) electrons. The number of carbonyl (C=O) groups excluding carboxylic acids is 4. The Balaban J connectivity index is 1.45. The zero-order valence-corrected chi connectivity index (χ0v) is 19.1. The third kappa shape index (κ3) is 4.85. The maximum Gasteiger partial charge on any atom is 0.240 e. The number of nitrogens with one attached hydrogen (secondary N) is 1. The summed E-state index contributed by atoms with van der Waals surface area (Å²) in [4.78, 5) is 51.1. The number of hydrogen-bond acceptors (Lipinski definition) is 4. The van der Waals surface area contributed by atoms with E-state index in [9.17, 15) is 19.2 Å².